The van der Waals surface area contributed by atoms with Gasteiger partial charge in [-0.2, -0.15) is 0 Å². The Balaban J connectivity index is 1.32. The number of hydrogen-bond donors (Lipinski definition) is 2. The summed E-state index contributed by atoms with van der Waals surface area (Å²) in [5, 5.41) is 6.72. The summed E-state index contributed by atoms with van der Waals surface area (Å²) in [5.41, 5.74) is 3.54. The first-order valence-corrected chi connectivity index (χ1v) is 11.2. The largest absolute Gasteiger partial charge is 0.497 e. The van der Waals surface area contributed by atoms with Gasteiger partial charge in [-0.3, -0.25) is 9.59 Å². The number of ether oxygens (including phenoxy) is 1. The fourth-order valence-corrected chi connectivity index (χ4v) is 4.07. The third-order valence-corrected chi connectivity index (χ3v) is 5.99. The number of anilines is 2. The van der Waals surface area contributed by atoms with Crippen LogP contribution in [-0.4, -0.2) is 30.4 Å². The van der Waals surface area contributed by atoms with Crippen molar-refractivity contribution in [3.05, 3.63) is 88.9 Å². The molecule has 7 heteroatoms. The second-order valence-corrected chi connectivity index (χ2v) is 8.45. The van der Waals surface area contributed by atoms with Crippen LogP contribution in [-0.2, 0) is 22.7 Å². The van der Waals surface area contributed by atoms with Crippen molar-refractivity contribution in [2.45, 2.75) is 19.5 Å². The number of rotatable bonds is 8. The van der Waals surface area contributed by atoms with E-state index in [2.05, 4.69) is 10.6 Å². The Labute approximate surface area is 198 Å². The van der Waals surface area contributed by atoms with Crippen molar-refractivity contribution in [3.63, 3.8) is 0 Å². The summed E-state index contributed by atoms with van der Waals surface area (Å²) >= 11 is 6.41. The number of carbonyl (C=O) groups is 2. The van der Waals surface area contributed by atoms with Gasteiger partial charge in [0.05, 0.1) is 23.7 Å². The molecule has 3 aromatic carbocycles. The minimum atomic E-state index is -0.398. The zero-order valence-electron chi connectivity index (χ0n) is 18.4. The standard InChI is InChI=1S/C26H26ClN3O3/c1-33-22-10-7-19(8-11-22)16-30-17-20(13-25(30)31)26(32)29-21-9-12-24(23(27)14-21)28-15-18-5-3-2-4-6-18/h2-12,14,20,28H,13,15-17H2,1H3,(H,29,32). The van der Waals surface area contributed by atoms with E-state index < -0.39 is 5.92 Å². The number of benzene rings is 3. The van der Waals surface area contributed by atoms with Crippen LogP contribution in [0.5, 0.6) is 5.75 Å². The molecule has 0 saturated carbocycles. The highest BCUT2D eigenvalue weighted by atomic mass is 35.5. The van der Waals surface area contributed by atoms with Gasteiger partial charge in [-0.25, -0.2) is 0 Å². The molecule has 0 bridgehead atoms. The van der Waals surface area contributed by atoms with Crippen molar-refractivity contribution in [2.75, 3.05) is 24.3 Å². The number of carbonyl (C=O) groups excluding carboxylic acids is 2. The molecule has 3 aromatic rings. The molecule has 6 nitrogen and oxygen atoms in total. The lowest BCUT2D eigenvalue weighted by Crippen LogP contribution is -2.28. The van der Waals surface area contributed by atoms with E-state index in [1.807, 2.05) is 66.7 Å². The van der Waals surface area contributed by atoms with Gasteiger partial charge >= 0.3 is 0 Å². The number of hydrogen-bond acceptors (Lipinski definition) is 4. The molecule has 1 atom stereocenters. The maximum Gasteiger partial charge on any atom is 0.229 e. The third-order valence-electron chi connectivity index (χ3n) is 5.68. The molecule has 0 radical (unpaired) electrons. The molecule has 1 aliphatic heterocycles. The summed E-state index contributed by atoms with van der Waals surface area (Å²) < 4.78 is 5.17. The first-order valence-electron chi connectivity index (χ1n) is 10.8. The predicted octanol–water partition coefficient (Wildman–Crippen LogP) is 4.95. The highest BCUT2D eigenvalue weighted by Crippen LogP contribution is 2.28. The monoisotopic (exact) mass is 463 g/mol. The van der Waals surface area contributed by atoms with Crippen molar-refractivity contribution >= 4 is 34.8 Å². The van der Waals surface area contributed by atoms with Crippen LogP contribution in [0.4, 0.5) is 11.4 Å². The molecule has 1 saturated heterocycles. The van der Waals surface area contributed by atoms with Crippen LogP contribution in [0.15, 0.2) is 72.8 Å². The van der Waals surface area contributed by atoms with Crippen molar-refractivity contribution in [1.82, 2.24) is 4.90 Å². The SMILES string of the molecule is COc1ccc(CN2CC(C(=O)Nc3ccc(NCc4ccccc4)c(Cl)c3)CC2=O)cc1. The van der Waals surface area contributed by atoms with Gasteiger partial charge in [-0.15, -0.1) is 0 Å². The average Bonchev–Trinajstić information content (AvgIpc) is 3.20. The Morgan fingerprint density at radius 2 is 1.82 bits per heavy atom. The highest BCUT2D eigenvalue weighted by Gasteiger charge is 2.34. The molecule has 33 heavy (non-hydrogen) atoms. The highest BCUT2D eigenvalue weighted by molar-refractivity contribution is 6.33. The van der Waals surface area contributed by atoms with Gasteiger partial charge in [0.25, 0.3) is 0 Å². The summed E-state index contributed by atoms with van der Waals surface area (Å²) in [6.45, 7) is 1.52. The van der Waals surface area contributed by atoms with Crippen molar-refractivity contribution in [3.8, 4) is 5.75 Å². The number of amides is 2. The number of nitrogens with zero attached hydrogens (tertiary/aromatic N) is 1. The van der Waals surface area contributed by atoms with Gasteiger partial charge in [0.15, 0.2) is 0 Å². The minimum absolute atomic E-state index is 0.0236. The molecular formula is C26H26ClN3O3. The van der Waals surface area contributed by atoms with Crippen LogP contribution in [0.2, 0.25) is 5.02 Å². The average molecular weight is 464 g/mol. The first kappa shape index (κ1) is 22.7. The first-order chi connectivity index (χ1) is 16.0. The van der Waals surface area contributed by atoms with Gasteiger partial charge in [0, 0.05) is 31.7 Å². The van der Waals surface area contributed by atoms with E-state index in [1.165, 1.54) is 0 Å². The Kier molecular flexibility index (Phi) is 7.15. The lowest BCUT2D eigenvalue weighted by Gasteiger charge is -2.17. The van der Waals surface area contributed by atoms with Gasteiger partial charge in [0.1, 0.15) is 5.75 Å². The lowest BCUT2D eigenvalue weighted by atomic mass is 10.1. The van der Waals surface area contributed by atoms with Crippen LogP contribution >= 0.6 is 11.6 Å². The van der Waals surface area contributed by atoms with Crippen molar-refractivity contribution in [1.29, 1.82) is 0 Å². The van der Waals surface area contributed by atoms with E-state index >= 15 is 0 Å². The molecule has 2 N–H and O–H groups in total. The molecule has 0 aliphatic carbocycles. The topological polar surface area (TPSA) is 70.7 Å². The summed E-state index contributed by atoms with van der Waals surface area (Å²) in [4.78, 5) is 26.9. The van der Waals surface area contributed by atoms with Crippen molar-refractivity contribution < 1.29 is 14.3 Å². The second-order valence-electron chi connectivity index (χ2n) is 8.05. The van der Waals surface area contributed by atoms with E-state index in [0.717, 1.165) is 22.6 Å². The zero-order chi connectivity index (χ0) is 23.2. The molecule has 4 rings (SSSR count). The maximum absolute atomic E-state index is 12.8. The van der Waals surface area contributed by atoms with Crippen LogP contribution in [0.3, 0.4) is 0 Å². The number of likely N-dealkylation sites (tertiary alicyclic amines) is 1. The number of halogens is 1. The summed E-state index contributed by atoms with van der Waals surface area (Å²) in [6.07, 6.45) is 0.201. The quantitative estimate of drug-likeness (QED) is 0.496. The fourth-order valence-electron chi connectivity index (χ4n) is 3.83. The molecule has 2 amide bonds. The smallest absolute Gasteiger partial charge is 0.229 e. The Morgan fingerprint density at radius 3 is 2.52 bits per heavy atom. The normalized spacial score (nSPS) is 15.4. The number of methoxy groups -OCH3 is 1. The maximum atomic E-state index is 12.8. The van der Waals surface area contributed by atoms with Gasteiger partial charge < -0.3 is 20.3 Å². The summed E-state index contributed by atoms with van der Waals surface area (Å²) in [7, 11) is 1.62. The Morgan fingerprint density at radius 1 is 1.06 bits per heavy atom. The molecule has 1 heterocycles. The van der Waals surface area contributed by atoms with Crippen LogP contribution < -0.4 is 15.4 Å². The van der Waals surface area contributed by atoms with E-state index in [-0.39, 0.29) is 18.2 Å². The molecule has 1 fully saturated rings. The zero-order valence-corrected chi connectivity index (χ0v) is 19.1. The van der Waals surface area contributed by atoms with Crippen LogP contribution in [0.25, 0.3) is 0 Å². The van der Waals surface area contributed by atoms with Crippen molar-refractivity contribution in [2.24, 2.45) is 5.92 Å². The van der Waals surface area contributed by atoms with Crippen LogP contribution in [0, 0.1) is 5.92 Å². The van der Waals surface area contributed by atoms with E-state index in [0.29, 0.717) is 30.3 Å². The van der Waals surface area contributed by atoms with E-state index in [9.17, 15) is 9.59 Å². The predicted molar refractivity (Wildman–Crippen MR) is 130 cm³/mol. The van der Waals surface area contributed by atoms with Crippen LogP contribution in [0.1, 0.15) is 17.5 Å². The molecule has 1 unspecified atom stereocenters. The van der Waals surface area contributed by atoms with E-state index in [4.69, 9.17) is 16.3 Å². The molecular weight excluding hydrogens is 438 g/mol. The summed E-state index contributed by atoms with van der Waals surface area (Å²) in [5.74, 6) is 0.167. The van der Waals surface area contributed by atoms with Gasteiger partial charge in [-0.1, -0.05) is 54.1 Å². The molecule has 1 aliphatic rings. The second kappa shape index (κ2) is 10.4. The molecule has 0 aromatic heterocycles. The Hall–Kier alpha value is -3.51. The fraction of sp³-hybridized carbons (Fsp3) is 0.231. The van der Waals surface area contributed by atoms with E-state index in [1.54, 1.807) is 18.1 Å². The summed E-state index contributed by atoms with van der Waals surface area (Å²) in [6, 6.07) is 23.0. The third kappa shape index (κ3) is 5.84. The minimum Gasteiger partial charge on any atom is -0.497 e. The molecule has 170 valence electrons. The van der Waals surface area contributed by atoms with Gasteiger partial charge in [-0.05, 0) is 41.5 Å². The number of nitrogens with one attached hydrogen (secondary N) is 2. The lowest BCUT2D eigenvalue weighted by molar-refractivity contribution is -0.128. The van der Waals surface area contributed by atoms with Gasteiger partial charge in [0.2, 0.25) is 11.8 Å². The Bertz CT molecular complexity index is 1120. The molecule has 0 spiro atoms.